The van der Waals surface area contributed by atoms with Crippen molar-refractivity contribution in [3.05, 3.63) is 0 Å². The molecular formula is C26H42NNaO5. The Kier molecular flexibility index (Phi) is 8.70. The first-order chi connectivity index (χ1) is 15.1. The van der Waals surface area contributed by atoms with Gasteiger partial charge in [0.1, 0.15) is 0 Å². The number of hydrogen-bond acceptors (Lipinski definition) is 5. The summed E-state index contributed by atoms with van der Waals surface area (Å²) >= 11 is 0. The van der Waals surface area contributed by atoms with Gasteiger partial charge in [-0.2, -0.15) is 0 Å². The first-order valence-corrected chi connectivity index (χ1v) is 12.9. The Hall–Kier alpha value is -0.140. The summed E-state index contributed by atoms with van der Waals surface area (Å²) in [6.45, 7) is 6.70. The number of aliphatic hydroxyl groups excluding tert-OH is 2. The Balaban J connectivity index is 0.00000306. The van der Waals surface area contributed by atoms with Crippen LogP contribution < -0.4 is 40.0 Å². The number of aliphatic hydroxyl groups is 2. The second-order valence-corrected chi connectivity index (χ2v) is 12.1. The predicted molar refractivity (Wildman–Crippen MR) is 119 cm³/mol. The zero-order valence-corrected chi connectivity index (χ0v) is 23.0. The van der Waals surface area contributed by atoms with Gasteiger partial charge in [-0.3, -0.25) is 4.79 Å². The van der Waals surface area contributed by atoms with Crippen LogP contribution in [0.5, 0.6) is 0 Å². The maximum atomic E-state index is 12.0. The Labute approximate surface area is 221 Å². The maximum absolute atomic E-state index is 12.0. The molecule has 3 N–H and O–H groups in total. The van der Waals surface area contributed by atoms with E-state index in [1.54, 1.807) is 0 Å². The molecule has 0 aromatic rings. The van der Waals surface area contributed by atoms with E-state index in [0.717, 1.165) is 51.4 Å². The number of aliphatic carboxylic acids is 1. The molecule has 33 heavy (non-hydrogen) atoms. The number of carboxylic acid groups (broad SMARTS) is 1. The summed E-state index contributed by atoms with van der Waals surface area (Å²) in [5, 5.41) is 34.5. The van der Waals surface area contributed by atoms with Gasteiger partial charge in [0.05, 0.1) is 24.7 Å². The minimum atomic E-state index is -1.26. The normalized spacial score (nSPS) is 45.1. The Bertz CT molecular complexity index is 733. The average Bonchev–Trinajstić information content (AvgIpc) is 3.09. The number of fused-ring (bicyclic) bond motifs is 5. The fourth-order valence-corrected chi connectivity index (χ4v) is 8.99. The van der Waals surface area contributed by atoms with E-state index in [-0.39, 0.29) is 58.5 Å². The van der Waals surface area contributed by atoms with Crippen LogP contribution in [0.15, 0.2) is 0 Å². The van der Waals surface area contributed by atoms with Crippen molar-refractivity contribution in [3.63, 3.8) is 0 Å². The van der Waals surface area contributed by atoms with E-state index in [1.165, 1.54) is 6.42 Å². The molecule has 4 rings (SSSR count). The van der Waals surface area contributed by atoms with Crippen LogP contribution in [0, 0.1) is 46.3 Å². The SMILES string of the molecule is C[C@H](CCC(=O)NCC(=O)[O-])[C@H]1CC[C@H]2[C@@H]3[C@H](O)CC4C[C@H](O)CC[C@]4(C)[C@H]3CC[C@]12C.[Na+]. The van der Waals surface area contributed by atoms with Crippen LogP contribution in [-0.4, -0.2) is 40.8 Å². The molecule has 0 aromatic carbocycles. The molecule has 7 heteroatoms. The van der Waals surface area contributed by atoms with Gasteiger partial charge >= 0.3 is 29.6 Å². The molecule has 4 aliphatic rings. The van der Waals surface area contributed by atoms with Crippen LogP contribution in [0.25, 0.3) is 0 Å². The largest absolute Gasteiger partial charge is 1.00 e. The first-order valence-electron chi connectivity index (χ1n) is 12.9. The van der Waals surface area contributed by atoms with Gasteiger partial charge in [0.25, 0.3) is 0 Å². The summed E-state index contributed by atoms with van der Waals surface area (Å²) in [6.07, 6.45) is 8.95. The van der Waals surface area contributed by atoms with Crippen LogP contribution in [0.1, 0.15) is 85.0 Å². The molecule has 4 fully saturated rings. The fraction of sp³-hybridized carbons (Fsp3) is 0.923. The Morgan fingerprint density at radius 2 is 1.70 bits per heavy atom. The summed E-state index contributed by atoms with van der Waals surface area (Å²) in [4.78, 5) is 22.6. The van der Waals surface area contributed by atoms with Gasteiger partial charge in [-0.15, -0.1) is 0 Å². The Morgan fingerprint density at radius 1 is 1.03 bits per heavy atom. The molecule has 0 spiro atoms. The molecule has 182 valence electrons. The maximum Gasteiger partial charge on any atom is 1.00 e. The molecule has 0 radical (unpaired) electrons. The third kappa shape index (κ3) is 5.07. The van der Waals surface area contributed by atoms with E-state index < -0.39 is 12.5 Å². The van der Waals surface area contributed by atoms with Crippen molar-refractivity contribution < 1.29 is 54.5 Å². The summed E-state index contributed by atoms with van der Waals surface area (Å²) in [5.74, 6) is 1.31. The number of rotatable bonds is 6. The van der Waals surface area contributed by atoms with E-state index in [2.05, 4.69) is 26.1 Å². The van der Waals surface area contributed by atoms with Crippen molar-refractivity contribution in [1.82, 2.24) is 5.32 Å². The van der Waals surface area contributed by atoms with Crippen molar-refractivity contribution in [2.75, 3.05) is 6.54 Å². The molecule has 0 heterocycles. The molecule has 0 saturated heterocycles. The molecule has 4 aliphatic carbocycles. The van der Waals surface area contributed by atoms with Gasteiger partial charge in [0, 0.05) is 6.42 Å². The van der Waals surface area contributed by atoms with Gasteiger partial charge in [-0.25, -0.2) is 0 Å². The summed E-state index contributed by atoms with van der Waals surface area (Å²) in [5.41, 5.74) is 0.436. The smallest absolute Gasteiger partial charge is 0.548 e. The van der Waals surface area contributed by atoms with Gasteiger partial charge in [-0.1, -0.05) is 20.8 Å². The first kappa shape index (κ1) is 27.4. The predicted octanol–water partition coefficient (Wildman–Crippen LogP) is -0.737. The zero-order valence-electron chi connectivity index (χ0n) is 21.0. The van der Waals surface area contributed by atoms with Crippen molar-refractivity contribution in [2.24, 2.45) is 46.3 Å². The summed E-state index contributed by atoms with van der Waals surface area (Å²) in [7, 11) is 0. The Morgan fingerprint density at radius 3 is 2.39 bits per heavy atom. The van der Waals surface area contributed by atoms with Crippen LogP contribution in [-0.2, 0) is 9.59 Å². The minimum Gasteiger partial charge on any atom is -0.548 e. The minimum absolute atomic E-state index is 0. The summed E-state index contributed by atoms with van der Waals surface area (Å²) < 4.78 is 0. The van der Waals surface area contributed by atoms with Gasteiger partial charge in [0.15, 0.2) is 0 Å². The van der Waals surface area contributed by atoms with Crippen molar-refractivity contribution in [2.45, 2.75) is 97.2 Å². The quantitative estimate of drug-likeness (QED) is 0.442. The van der Waals surface area contributed by atoms with Gasteiger partial charge in [0.2, 0.25) is 5.91 Å². The third-order valence-corrected chi connectivity index (χ3v) is 10.7. The topological polar surface area (TPSA) is 110 Å². The van der Waals surface area contributed by atoms with Crippen LogP contribution in [0.2, 0.25) is 0 Å². The molecule has 0 aliphatic heterocycles. The molecule has 0 bridgehead atoms. The number of carbonyl (C=O) groups excluding carboxylic acids is 2. The van der Waals surface area contributed by atoms with Crippen LogP contribution in [0.4, 0.5) is 0 Å². The third-order valence-electron chi connectivity index (χ3n) is 10.7. The van der Waals surface area contributed by atoms with E-state index >= 15 is 0 Å². The standard InChI is InChI=1S/C26H43NO5.Na/c1-15(4-7-22(30)27-14-23(31)32)18-5-6-19-24-20(9-11-26(18,19)3)25(2)10-8-17(28)12-16(25)13-21(24)29;/h15-21,24,28-29H,4-14H2,1-3H3,(H,27,30)(H,31,32);/q;+1/p-1/t15-,16?,17-,18-,19+,20+,21-,24+,25+,26-;/m1./s1. The molecule has 10 atom stereocenters. The van der Waals surface area contributed by atoms with E-state index in [1.807, 2.05) is 0 Å². The molecular weight excluding hydrogens is 429 g/mol. The molecule has 0 aromatic heterocycles. The van der Waals surface area contributed by atoms with E-state index in [4.69, 9.17) is 0 Å². The molecule has 6 nitrogen and oxygen atoms in total. The molecule has 1 amide bonds. The number of hydrogen-bond donors (Lipinski definition) is 3. The van der Waals surface area contributed by atoms with E-state index in [0.29, 0.717) is 41.9 Å². The number of amides is 1. The fourth-order valence-electron chi connectivity index (χ4n) is 8.99. The number of carbonyl (C=O) groups is 2. The second-order valence-electron chi connectivity index (χ2n) is 12.1. The van der Waals surface area contributed by atoms with Crippen molar-refractivity contribution in [1.29, 1.82) is 0 Å². The van der Waals surface area contributed by atoms with Crippen molar-refractivity contribution in [3.8, 4) is 0 Å². The van der Waals surface area contributed by atoms with E-state index in [9.17, 15) is 24.9 Å². The monoisotopic (exact) mass is 471 g/mol. The van der Waals surface area contributed by atoms with Gasteiger partial charge < -0.3 is 25.4 Å². The number of nitrogens with one attached hydrogen (secondary N) is 1. The summed E-state index contributed by atoms with van der Waals surface area (Å²) in [6, 6.07) is 0. The zero-order chi connectivity index (χ0) is 23.3. The molecule has 4 saturated carbocycles. The average molecular weight is 472 g/mol. The van der Waals surface area contributed by atoms with Gasteiger partial charge in [-0.05, 0) is 104 Å². The van der Waals surface area contributed by atoms with Crippen LogP contribution in [0.3, 0.4) is 0 Å². The number of carboxylic acids is 1. The van der Waals surface area contributed by atoms with Crippen LogP contribution >= 0.6 is 0 Å². The second kappa shape index (κ2) is 10.5. The molecule has 1 unspecified atom stereocenters. The van der Waals surface area contributed by atoms with Crippen molar-refractivity contribution >= 4 is 11.9 Å².